The summed E-state index contributed by atoms with van der Waals surface area (Å²) in [6.07, 6.45) is 0.455. The van der Waals surface area contributed by atoms with Gasteiger partial charge in [-0.25, -0.2) is 0 Å². The molecule has 1 atom stereocenters. The number of aryl methyl sites for hydroxylation is 1. The molecule has 1 unspecified atom stereocenters. The third kappa shape index (κ3) is 3.68. The first-order valence-electron chi connectivity index (χ1n) is 5.25. The summed E-state index contributed by atoms with van der Waals surface area (Å²) in [6, 6.07) is 5.83. The van der Waals surface area contributed by atoms with Crippen LogP contribution in [0.5, 0.6) is 11.5 Å². The van der Waals surface area contributed by atoms with E-state index in [9.17, 15) is 5.11 Å². The van der Waals surface area contributed by atoms with Gasteiger partial charge in [0.15, 0.2) is 11.5 Å². The fourth-order valence-electron chi connectivity index (χ4n) is 1.28. The van der Waals surface area contributed by atoms with Gasteiger partial charge >= 0.3 is 0 Å². The smallest absolute Gasteiger partial charge is 0.161 e. The Morgan fingerprint density at radius 3 is 2.69 bits per heavy atom. The van der Waals surface area contributed by atoms with Crippen LogP contribution in [0.2, 0.25) is 0 Å². The van der Waals surface area contributed by atoms with Gasteiger partial charge in [0.1, 0.15) is 6.61 Å². The standard InChI is InChI=1S/C12H17BrO3/c1-3-9-4-5-11(12(6-9)15-2)16-8-10(14)7-13/h4-6,10,14H,3,7-8H2,1-2H3. The number of hydrogen-bond acceptors (Lipinski definition) is 3. The molecule has 0 aliphatic heterocycles. The minimum absolute atomic E-state index is 0.257. The molecule has 1 aromatic rings. The topological polar surface area (TPSA) is 38.7 Å². The van der Waals surface area contributed by atoms with Crippen LogP contribution in [0.4, 0.5) is 0 Å². The molecule has 0 saturated carbocycles. The van der Waals surface area contributed by atoms with E-state index in [4.69, 9.17) is 9.47 Å². The number of benzene rings is 1. The Morgan fingerprint density at radius 1 is 1.38 bits per heavy atom. The minimum Gasteiger partial charge on any atom is -0.493 e. The van der Waals surface area contributed by atoms with Crippen LogP contribution in [0.3, 0.4) is 0 Å². The highest BCUT2D eigenvalue weighted by molar-refractivity contribution is 9.09. The van der Waals surface area contributed by atoms with Crippen LogP contribution in [0.1, 0.15) is 12.5 Å². The van der Waals surface area contributed by atoms with Crippen LogP contribution in [-0.4, -0.2) is 30.3 Å². The van der Waals surface area contributed by atoms with Crippen LogP contribution >= 0.6 is 15.9 Å². The third-order valence-corrected chi connectivity index (χ3v) is 2.99. The average Bonchev–Trinajstić information content (AvgIpc) is 2.35. The van der Waals surface area contributed by atoms with Crippen molar-refractivity contribution in [3.8, 4) is 11.5 Å². The normalized spacial score (nSPS) is 12.2. The highest BCUT2D eigenvalue weighted by atomic mass is 79.9. The second kappa shape index (κ2) is 6.76. The maximum absolute atomic E-state index is 9.37. The molecule has 3 nitrogen and oxygen atoms in total. The summed E-state index contributed by atoms with van der Waals surface area (Å²) in [5, 5.41) is 9.87. The summed E-state index contributed by atoms with van der Waals surface area (Å²) < 4.78 is 10.7. The number of aliphatic hydroxyl groups is 1. The van der Waals surface area contributed by atoms with E-state index in [0.29, 0.717) is 16.8 Å². The summed E-state index contributed by atoms with van der Waals surface area (Å²) in [7, 11) is 1.61. The number of hydrogen-bond donors (Lipinski definition) is 1. The zero-order valence-corrected chi connectivity index (χ0v) is 11.2. The van der Waals surface area contributed by atoms with Gasteiger partial charge in [-0.3, -0.25) is 0 Å². The zero-order valence-electron chi connectivity index (χ0n) is 9.57. The van der Waals surface area contributed by atoms with Gasteiger partial charge in [-0.2, -0.15) is 0 Å². The fraction of sp³-hybridized carbons (Fsp3) is 0.500. The van der Waals surface area contributed by atoms with E-state index in [-0.39, 0.29) is 6.61 Å². The van der Waals surface area contributed by atoms with Crippen LogP contribution in [0, 0.1) is 0 Å². The van der Waals surface area contributed by atoms with E-state index >= 15 is 0 Å². The van der Waals surface area contributed by atoms with Crippen molar-refractivity contribution in [2.75, 3.05) is 19.0 Å². The molecule has 90 valence electrons. The van der Waals surface area contributed by atoms with E-state index < -0.39 is 6.10 Å². The molecule has 0 aliphatic rings. The van der Waals surface area contributed by atoms with Crippen molar-refractivity contribution in [3.63, 3.8) is 0 Å². The van der Waals surface area contributed by atoms with Gasteiger partial charge in [-0.05, 0) is 24.1 Å². The lowest BCUT2D eigenvalue weighted by atomic mass is 10.1. The van der Waals surface area contributed by atoms with E-state index in [0.717, 1.165) is 6.42 Å². The van der Waals surface area contributed by atoms with Crippen molar-refractivity contribution in [2.24, 2.45) is 0 Å². The molecule has 0 saturated heterocycles. The molecule has 0 radical (unpaired) electrons. The van der Waals surface area contributed by atoms with Crippen molar-refractivity contribution in [3.05, 3.63) is 23.8 Å². The van der Waals surface area contributed by atoms with Crippen LogP contribution < -0.4 is 9.47 Å². The summed E-state index contributed by atoms with van der Waals surface area (Å²) in [5.41, 5.74) is 1.20. The molecule has 16 heavy (non-hydrogen) atoms. The summed E-state index contributed by atoms with van der Waals surface area (Å²) in [5.74, 6) is 1.38. The maximum atomic E-state index is 9.37. The number of rotatable bonds is 6. The molecule has 0 aliphatic carbocycles. The van der Waals surface area contributed by atoms with Gasteiger partial charge in [-0.15, -0.1) is 0 Å². The molecule has 0 heterocycles. The number of aliphatic hydroxyl groups excluding tert-OH is 1. The minimum atomic E-state index is -0.504. The molecular weight excluding hydrogens is 272 g/mol. The summed E-state index contributed by atoms with van der Waals surface area (Å²) in [4.78, 5) is 0. The molecule has 1 aromatic carbocycles. The van der Waals surface area contributed by atoms with Gasteiger partial charge in [0.25, 0.3) is 0 Å². The number of ether oxygens (including phenoxy) is 2. The van der Waals surface area contributed by atoms with Gasteiger partial charge < -0.3 is 14.6 Å². The van der Waals surface area contributed by atoms with Gasteiger partial charge in [0.2, 0.25) is 0 Å². The third-order valence-electron chi connectivity index (χ3n) is 2.25. The molecular formula is C12H17BrO3. The lowest BCUT2D eigenvalue weighted by Crippen LogP contribution is -2.18. The van der Waals surface area contributed by atoms with Crippen LogP contribution in [-0.2, 0) is 6.42 Å². The monoisotopic (exact) mass is 288 g/mol. The molecule has 0 spiro atoms. The quantitative estimate of drug-likeness (QED) is 0.817. The molecule has 1 rings (SSSR count). The molecule has 1 N–H and O–H groups in total. The summed E-state index contributed by atoms with van der Waals surface area (Å²) in [6.45, 7) is 2.34. The predicted molar refractivity (Wildman–Crippen MR) is 67.7 cm³/mol. The zero-order chi connectivity index (χ0) is 12.0. The fourth-order valence-corrected chi connectivity index (χ4v) is 1.47. The Kier molecular flexibility index (Phi) is 5.63. The van der Waals surface area contributed by atoms with Crippen molar-refractivity contribution in [1.29, 1.82) is 0 Å². The highest BCUT2D eigenvalue weighted by Gasteiger charge is 2.08. The van der Waals surface area contributed by atoms with Crippen molar-refractivity contribution in [2.45, 2.75) is 19.4 Å². The molecule has 0 aromatic heterocycles. The first kappa shape index (κ1) is 13.3. The van der Waals surface area contributed by atoms with Gasteiger partial charge in [-0.1, -0.05) is 28.9 Å². The lowest BCUT2D eigenvalue weighted by Gasteiger charge is -2.13. The highest BCUT2D eigenvalue weighted by Crippen LogP contribution is 2.28. The largest absolute Gasteiger partial charge is 0.493 e. The predicted octanol–water partition coefficient (Wildman–Crippen LogP) is 2.39. The van der Waals surface area contributed by atoms with Crippen LogP contribution in [0.15, 0.2) is 18.2 Å². The summed E-state index contributed by atoms with van der Waals surface area (Å²) >= 11 is 3.19. The molecule has 0 amide bonds. The first-order valence-corrected chi connectivity index (χ1v) is 6.37. The molecule has 0 bridgehead atoms. The van der Waals surface area contributed by atoms with E-state index in [1.807, 2.05) is 18.2 Å². The van der Waals surface area contributed by atoms with E-state index in [2.05, 4.69) is 22.9 Å². The number of methoxy groups -OCH3 is 1. The Balaban J connectivity index is 2.71. The number of halogens is 1. The van der Waals surface area contributed by atoms with Crippen LogP contribution in [0.25, 0.3) is 0 Å². The van der Waals surface area contributed by atoms with Gasteiger partial charge in [0, 0.05) is 5.33 Å². The number of alkyl halides is 1. The van der Waals surface area contributed by atoms with Crippen molar-refractivity contribution in [1.82, 2.24) is 0 Å². The molecule has 4 heteroatoms. The van der Waals surface area contributed by atoms with Gasteiger partial charge in [0.05, 0.1) is 13.2 Å². The Labute approximate surface area is 105 Å². The Morgan fingerprint density at radius 2 is 2.12 bits per heavy atom. The van der Waals surface area contributed by atoms with Crippen molar-refractivity contribution >= 4 is 15.9 Å². The second-order valence-electron chi connectivity index (χ2n) is 3.46. The van der Waals surface area contributed by atoms with E-state index in [1.54, 1.807) is 7.11 Å². The second-order valence-corrected chi connectivity index (χ2v) is 4.11. The lowest BCUT2D eigenvalue weighted by molar-refractivity contribution is 0.125. The first-order chi connectivity index (χ1) is 7.71. The molecule has 0 fully saturated rings. The Bertz CT molecular complexity index is 328. The average molecular weight is 289 g/mol. The van der Waals surface area contributed by atoms with Crippen molar-refractivity contribution < 1.29 is 14.6 Å². The SMILES string of the molecule is CCc1ccc(OCC(O)CBr)c(OC)c1. The van der Waals surface area contributed by atoms with E-state index in [1.165, 1.54) is 5.56 Å². The Hall–Kier alpha value is -0.740. The maximum Gasteiger partial charge on any atom is 0.161 e.